The van der Waals surface area contributed by atoms with Crippen LogP contribution in [0.15, 0.2) is 83.9 Å². The molecular formula is C31H28ClN3O2S2. The highest BCUT2D eigenvalue weighted by atomic mass is 35.5. The zero-order valence-corrected chi connectivity index (χ0v) is 24.2. The minimum absolute atomic E-state index is 0.140. The zero-order chi connectivity index (χ0) is 27.4. The van der Waals surface area contributed by atoms with E-state index in [2.05, 4.69) is 13.0 Å². The van der Waals surface area contributed by atoms with Gasteiger partial charge in [0.15, 0.2) is 0 Å². The third-order valence-electron chi connectivity index (χ3n) is 6.41. The van der Waals surface area contributed by atoms with Crippen LogP contribution in [0.25, 0.3) is 23.0 Å². The fourth-order valence-electron chi connectivity index (χ4n) is 4.29. The number of aryl methyl sites for hydroxylation is 1. The lowest BCUT2D eigenvalue weighted by molar-refractivity contribution is -0.122. The van der Waals surface area contributed by atoms with Gasteiger partial charge in [0, 0.05) is 22.3 Å². The highest BCUT2D eigenvalue weighted by Crippen LogP contribution is 2.37. The van der Waals surface area contributed by atoms with Crippen molar-refractivity contribution >= 4 is 51.9 Å². The second-order valence-corrected chi connectivity index (χ2v) is 11.3. The molecule has 5 nitrogen and oxygen atoms in total. The number of unbranched alkanes of at least 4 members (excludes halogenated alkanes) is 1. The fourth-order valence-corrected chi connectivity index (χ4v) is 5.73. The van der Waals surface area contributed by atoms with E-state index in [1.165, 1.54) is 11.8 Å². The van der Waals surface area contributed by atoms with Crippen molar-refractivity contribution < 1.29 is 9.53 Å². The monoisotopic (exact) mass is 573 g/mol. The van der Waals surface area contributed by atoms with Gasteiger partial charge in [-0.05, 0) is 66.9 Å². The van der Waals surface area contributed by atoms with E-state index in [4.69, 9.17) is 33.7 Å². The van der Waals surface area contributed by atoms with Crippen molar-refractivity contribution in [2.24, 2.45) is 0 Å². The third kappa shape index (κ3) is 6.11. The molecule has 39 heavy (non-hydrogen) atoms. The molecule has 198 valence electrons. The molecule has 1 fully saturated rings. The summed E-state index contributed by atoms with van der Waals surface area (Å²) in [5.74, 6) is 0.732. The maximum absolute atomic E-state index is 13.4. The van der Waals surface area contributed by atoms with Crippen LogP contribution in [0.2, 0.25) is 5.02 Å². The first-order valence-electron chi connectivity index (χ1n) is 12.8. The van der Waals surface area contributed by atoms with Crippen LogP contribution >= 0.6 is 35.6 Å². The van der Waals surface area contributed by atoms with Crippen molar-refractivity contribution in [3.05, 3.63) is 106 Å². The Bertz CT molecular complexity index is 1550. The molecular weight excluding hydrogens is 546 g/mol. The molecule has 4 aromatic rings. The summed E-state index contributed by atoms with van der Waals surface area (Å²) in [6.45, 7) is 5.21. The highest BCUT2D eigenvalue weighted by Gasteiger charge is 2.33. The molecule has 1 aromatic heterocycles. The van der Waals surface area contributed by atoms with Gasteiger partial charge >= 0.3 is 0 Å². The van der Waals surface area contributed by atoms with Gasteiger partial charge in [-0.1, -0.05) is 85.3 Å². The molecule has 0 aliphatic carbocycles. The van der Waals surface area contributed by atoms with Crippen LogP contribution in [-0.2, 0) is 11.3 Å². The molecule has 5 rings (SSSR count). The van der Waals surface area contributed by atoms with Crippen LogP contribution in [0, 0.1) is 6.92 Å². The van der Waals surface area contributed by atoms with E-state index in [9.17, 15) is 4.79 Å². The largest absolute Gasteiger partial charge is 0.493 e. The molecule has 0 spiro atoms. The number of nitrogens with zero attached hydrogens (tertiary/aromatic N) is 3. The van der Waals surface area contributed by atoms with Gasteiger partial charge in [-0.15, -0.1) is 0 Å². The quantitative estimate of drug-likeness (QED) is 0.115. The summed E-state index contributed by atoms with van der Waals surface area (Å²) in [6, 6.07) is 23.5. The van der Waals surface area contributed by atoms with E-state index in [1.807, 2.05) is 90.6 Å². The molecule has 2 heterocycles. The zero-order valence-electron chi connectivity index (χ0n) is 21.8. The number of hydrogen-bond acceptors (Lipinski definition) is 5. The molecule has 1 amide bonds. The number of ether oxygens (including phenoxy) is 1. The first-order chi connectivity index (χ1) is 18.9. The number of halogens is 1. The molecule has 0 bridgehead atoms. The lowest BCUT2D eigenvalue weighted by Gasteiger charge is -2.15. The summed E-state index contributed by atoms with van der Waals surface area (Å²) in [5.41, 5.74) is 5.37. The van der Waals surface area contributed by atoms with Crippen molar-refractivity contribution in [3.8, 4) is 22.7 Å². The number of hydrogen-bond donors (Lipinski definition) is 0. The first-order valence-corrected chi connectivity index (χ1v) is 14.4. The molecule has 1 saturated heterocycles. The Morgan fingerprint density at radius 3 is 2.59 bits per heavy atom. The van der Waals surface area contributed by atoms with Crippen LogP contribution < -0.4 is 4.74 Å². The third-order valence-corrected chi connectivity index (χ3v) is 8.16. The molecule has 3 aromatic carbocycles. The second-order valence-electron chi connectivity index (χ2n) is 9.25. The number of thiocarbonyl (C=S) groups is 1. The standard InChI is InChI=1S/C31H28ClN3O2S2/c1-3-4-16-37-27-15-14-22(17-21(27)2)29-24(20-35(33-29)25-11-6-5-7-12-25)18-28-30(36)34(31(38)39-28)19-23-10-8-9-13-26(23)32/h5-15,17-18,20H,3-4,16,19H2,1-2H3/b28-18-. The maximum Gasteiger partial charge on any atom is 0.266 e. The maximum atomic E-state index is 13.4. The molecule has 1 aliphatic rings. The predicted molar refractivity (Wildman–Crippen MR) is 164 cm³/mol. The van der Waals surface area contributed by atoms with E-state index in [-0.39, 0.29) is 5.91 Å². The Kier molecular flexibility index (Phi) is 8.50. The van der Waals surface area contributed by atoms with Crippen LogP contribution in [0.1, 0.15) is 36.5 Å². The Balaban J connectivity index is 1.50. The van der Waals surface area contributed by atoms with Crippen LogP contribution in [0.4, 0.5) is 0 Å². The second kappa shape index (κ2) is 12.2. The normalized spacial score (nSPS) is 14.4. The highest BCUT2D eigenvalue weighted by molar-refractivity contribution is 8.26. The van der Waals surface area contributed by atoms with Gasteiger partial charge in [0.1, 0.15) is 15.8 Å². The Labute approximate surface area is 243 Å². The fraction of sp³-hybridized carbons (Fsp3) is 0.194. The molecule has 0 atom stereocenters. The minimum atomic E-state index is -0.140. The summed E-state index contributed by atoms with van der Waals surface area (Å²) in [4.78, 5) is 15.6. The van der Waals surface area contributed by atoms with Gasteiger partial charge in [0.05, 0.1) is 23.7 Å². The van der Waals surface area contributed by atoms with E-state index >= 15 is 0 Å². The number of rotatable bonds is 9. The first kappa shape index (κ1) is 27.2. The van der Waals surface area contributed by atoms with Gasteiger partial charge in [0.2, 0.25) is 0 Å². The Hall–Kier alpha value is -3.39. The summed E-state index contributed by atoms with van der Waals surface area (Å²) < 4.78 is 8.31. The Morgan fingerprint density at radius 2 is 1.85 bits per heavy atom. The van der Waals surface area contributed by atoms with Gasteiger partial charge < -0.3 is 4.74 Å². The lowest BCUT2D eigenvalue weighted by atomic mass is 10.0. The van der Waals surface area contributed by atoms with Crippen molar-refractivity contribution in [3.63, 3.8) is 0 Å². The smallest absolute Gasteiger partial charge is 0.266 e. The molecule has 0 radical (unpaired) electrons. The van der Waals surface area contributed by atoms with Crippen molar-refractivity contribution in [1.82, 2.24) is 14.7 Å². The van der Waals surface area contributed by atoms with Gasteiger partial charge in [-0.25, -0.2) is 4.68 Å². The number of amides is 1. The molecule has 1 aliphatic heterocycles. The van der Waals surface area contributed by atoms with Crippen molar-refractivity contribution in [2.75, 3.05) is 6.61 Å². The number of benzene rings is 3. The SMILES string of the molecule is CCCCOc1ccc(-c2nn(-c3ccccc3)cc2/C=C2\SC(=S)N(Cc3ccccc3Cl)C2=O)cc1C. The van der Waals surface area contributed by atoms with Gasteiger partial charge in [-0.2, -0.15) is 5.10 Å². The van der Waals surface area contributed by atoms with Crippen molar-refractivity contribution in [1.29, 1.82) is 0 Å². The average molecular weight is 574 g/mol. The van der Waals surface area contributed by atoms with E-state index < -0.39 is 0 Å². The molecule has 0 unspecified atom stereocenters. The van der Waals surface area contributed by atoms with E-state index in [0.29, 0.717) is 27.4 Å². The molecule has 0 saturated carbocycles. The van der Waals surface area contributed by atoms with E-state index in [0.717, 1.165) is 52.2 Å². The lowest BCUT2D eigenvalue weighted by Crippen LogP contribution is -2.27. The Morgan fingerprint density at radius 1 is 1.08 bits per heavy atom. The molecule has 0 N–H and O–H groups in total. The topological polar surface area (TPSA) is 47.4 Å². The number of carbonyl (C=O) groups is 1. The van der Waals surface area contributed by atoms with Gasteiger partial charge in [0.25, 0.3) is 5.91 Å². The summed E-state index contributed by atoms with van der Waals surface area (Å²) >= 11 is 13.2. The van der Waals surface area contributed by atoms with Crippen LogP contribution in [0.5, 0.6) is 5.75 Å². The summed E-state index contributed by atoms with van der Waals surface area (Å²) in [5, 5.41) is 5.54. The van der Waals surface area contributed by atoms with Crippen LogP contribution in [-0.4, -0.2) is 31.5 Å². The summed E-state index contributed by atoms with van der Waals surface area (Å²) in [6.07, 6.45) is 5.93. The van der Waals surface area contributed by atoms with Crippen LogP contribution in [0.3, 0.4) is 0 Å². The summed E-state index contributed by atoms with van der Waals surface area (Å²) in [7, 11) is 0. The average Bonchev–Trinajstić information content (AvgIpc) is 3.48. The number of para-hydroxylation sites is 1. The van der Waals surface area contributed by atoms with Crippen molar-refractivity contribution in [2.45, 2.75) is 33.2 Å². The predicted octanol–water partition coefficient (Wildman–Crippen LogP) is 8.08. The van der Waals surface area contributed by atoms with Gasteiger partial charge in [-0.3, -0.25) is 9.69 Å². The number of aromatic nitrogens is 2. The van der Waals surface area contributed by atoms with E-state index in [1.54, 1.807) is 4.90 Å². The number of thioether (sulfide) groups is 1. The number of carbonyl (C=O) groups excluding carboxylic acids is 1. The molecule has 8 heteroatoms. The minimum Gasteiger partial charge on any atom is -0.493 e.